The second-order valence-electron chi connectivity index (χ2n) is 4.89. The van der Waals surface area contributed by atoms with Gasteiger partial charge in [0.2, 0.25) is 0 Å². The van der Waals surface area contributed by atoms with E-state index in [0.717, 1.165) is 18.8 Å². The van der Waals surface area contributed by atoms with Crippen molar-refractivity contribution in [3.63, 3.8) is 0 Å². The normalized spacial score (nSPS) is 12.4. The van der Waals surface area contributed by atoms with Crippen LogP contribution in [0.3, 0.4) is 0 Å². The number of nitrogens with zero attached hydrogens (tertiary/aromatic N) is 3. The van der Waals surface area contributed by atoms with Gasteiger partial charge in [0, 0.05) is 17.5 Å². The maximum absolute atomic E-state index is 5.76. The Bertz CT molecular complexity index is 320. The number of nitrogens with one attached hydrogen (secondary N) is 1. The number of hydrogen-bond donors (Lipinski definition) is 1. The quantitative estimate of drug-likeness (QED) is 0.782. The first kappa shape index (κ1) is 13.5. The number of rotatable bonds is 6. The van der Waals surface area contributed by atoms with E-state index in [0.29, 0.717) is 11.9 Å². The molecule has 0 aliphatic heterocycles. The molecule has 0 saturated heterocycles. The van der Waals surface area contributed by atoms with Crippen molar-refractivity contribution in [2.45, 2.75) is 52.2 Å². The van der Waals surface area contributed by atoms with Crippen molar-refractivity contribution in [2.24, 2.45) is 0 Å². The average molecular weight is 245 g/mol. The zero-order valence-electron chi connectivity index (χ0n) is 10.5. The molecule has 0 unspecified atom stereocenters. The second kappa shape index (κ2) is 5.64. The van der Waals surface area contributed by atoms with Gasteiger partial charge >= 0.3 is 0 Å². The molecule has 0 fully saturated rings. The molecule has 0 amide bonds. The minimum atomic E-state index is 0.0372. The van der Waals surface area contributed by atoms with Crippen molar-refractivity contribution in [3.8, 4) is 0 Å². The van der Waals surface area contributed by atoms with Crippen molar-refractivity contribution in [1.82, 2.24) is 20.1 Å². The monoisotopic (exact) mass is 244 g/mol. The Kier molecular flexibility index (Phi) is 4.74. The van der Waals surface area contributed by atoms with Gasteiger partial charge in [-0.1, -0.05) is 0 Å². The molecule has 16 heavy (non-hydrogen) atoms. The molecular formula is C11H21ClN4. The standard InChI is InChI=1S/C11H21ClN4/c1-9(2)16-10(13-8-15-16)7-14-11(3,4)5-6-12/h8-9,14H,5-7H2,1-4H3. The third-order valence-corrected chi connectivity index (χ3v) is 2.77. The van der Waals surface area contributed by atoms with Crippen LogP contribution in [-0.2, 0) is 6.54 Å². The minimum Gasteiger partial charge on any atom is -0.305 e. The predicted octanol–water partition coefficient (Wildman–Crippen LogP) is 2.36. The van der Waals surface area contributed by atoms with Crippen LogP contribution in [0.1, 0.15) is 46.0 Å². The molecule has 0 aromatic carbocycles. The van der Waals surface area contributed by atoms with E-state index < -0.39 is 0 Å². The van der Waals surface area contributed by atoms with E-state index in [9.17, 15) is 0 Å². The fourth-order valence-corrected chi connectivity index (χ4v) is 1.95. The van der Waals surface area contributed by atoms with Gasteiger partial charge in [-0.3, -0.25) is 0 Å². The fourth-order valence-electron chi connectivity index (χ4n) is 1.47. The molecule has 0 radical (unpaired) electrons. The number of halogens is 1. The van der Waals surface area contributed by atoms with Crippen molar-refractivity contribution in [1.29, 1.82) is 0 Å². The third-order valence-electron chi connectivity index (χ3n) is 2.58. The smallest absolute Gasteiger partial charge is 0.141 e. The molecule has 0 bridgehead atoms. The highest BCUT2D eigenvalue weighted by Gasteiger charge is 2.17. The predicted molar refractivity (Wildman–Crippen MR) is 66.7 cm³/mol. The Morgan fingerprint density at radius 3 is 2.75 bits per heavy atom. The summed E-state index contributed by atoms with van der Waals surface area (Å²) in [6.45, 7) is 9.21. The summed E-state index contributed by atoms with van der Waals surface area (Å²) >= 11 is 5.76. The summed E-state index contributed by atoms with van der Waals surface area (Å²) in [5.74, 6) is 1.63. The molecule has 1 aromatic heterocycles. The van der Waals surface area contributed by atoms with Crippen molar-refractivity contribution < 1.29 is 0 Å². The highest BCUT2D eigenvalue weighted by Crippen LogP contribution is 2.11. The van der Waals surface area contributed by atoms with Gasteiger partial charge in [0.1, 0.15) is 12.2 Å². The van der Waals surface area contributed by atoms with Crippen molar-refractivity contribution in [2.75, 3.05) is 5.88 Å². The summed E-state index contributed by atoms with van der Waals surface area (Å²) in [5.41, 5.74) is 0.0372. The van der Waals surface area contributed by atoms with E-state index in [2.05, 4.69) is 43.1 Å². The Labute approximate surface area is 102 Å². The van der Waals surface area contributed by atoms with Crippen LogP contribution in [0.4, 0.5) is 0 Å². The molecule has 1 N–H and O–H groups in total. The van der Waals surface area contributed by atoms with Gasteiger partial charge in [-0.05, 0) is 34.1 Å². The molecule has 0 spiro atoms. The molecular weight excluding hydrogens is 224 g/mol. The molecule has 0 saturated carbocycles. The molecule has 5 heteroatoms. The van der Waals surface area contributed by atoms with Crippen LogP contribution in [0.5, 0.6) is 0 Å². The Hall–Kier alpha value is -0.610. The van der Waals surface area contributed by atoms with E-state index in [1.165, 1.54) is 0 Å². The molecule has 0 aliphatic carbocycles. The van der Waals surface area contributed by atoms with Crippen LogP contribution in [0, 0.1) is 0 Å². The largest absolute Gasteiger partial charge is 0.305 e. The zero-order chi connectivity index (χ0) is 12.2. The fraction of sp³-hybridized carbons (Fsp3) is 0.818. The molecule has 0 aliphatic rings. The molecule has 1 rings (SSSR count). The van der Waals surface area contributed by atoms with Gasteiger partial charge in [-0.15, -0.1) is 11.6 Å². The average Bonchev–Trinajstić information content (AvgIpc) is 2.62. The first-order valence-corrected chi connectivity index (χ1v) is 6.19. The van der Waals surface area contributed by atoms with Gasteiger partial charge < -0.3 is 5.32 Å². The van der Waals surface area contributed by atoms with Crippen LogP contribution >= 0.6 is 11.6 Å². The summed E-state index contributed by atoms with van der Waals surface area (Å²) in [6, 6.07) is 0.343. The number of alkyl halides is 1. The van der Waals surface area contributed by atoms with E-state index >= 15 is 0 Å². The highest BCUT2D eigenvalue weighted by molar-refractivity contribution is 6.17. The lowest BCUT2D eigenvalue weighted by Crippen LogP contribution is -2.39. The summed E-state index contributed by atoms with van der Waals surface area (Å²) in [6.07, 6.45) is 2.54. The summed E-state index contributed by atoms with van der Waals surface area (Å²) in [7, 11) is 0. The lowest BCUT2D eigenvalue weighted by Gasteiger charge is -2.25. The Morgan fingerprint density at radius 1 is 1.50 bits per heavy atom. The summed E-state index contributed by atoms with van der Waals surface area (Å²) in [5, 5.41) is 7.65. The second-order valence-corrected chi connectivity index (χ2v) is 5.27. The van der Waals surface area contributed by atoms with Crippen molar-refractivity contribution in [3.05, 3.63) is 12.2 Å². The number of aromatic nitrogens is 3. The van der Waals surface area contributed by atoms with E-state index in [1.807, 2.05) is 4.68 Å². The minimum absolute atomic E-state index is 0.0372. The molecule has 4 nitrogen and oxygen atoms in total. The first-order valence-electron chi connectivity index (χ1n) is 5.65. The first-order chi connectivity index (χ1) is 7.46. The molecule has 1 aromatic rings. The van der Waals surface area contributed by atoms with Gasteiger partial charge in [0.25, 0.3) is 0 Å². The van der Waals surface area contributed by atoms with Crippen molar-refractivity contribution >= 4 is 11.6 Å². The van der Waals surface area contributed by atoms with E-state index in [4.69, 9.17) is 11.6 Å². The van der Waals surface area contributed by atoms with E-state index in [-0.39, 0.29) is 5.54 Å². The summed E-state index contributed by atoms with van der Waals surface area (Å²) in [4.78, 5) is 4.26. The van der Waals surface area contributed by atoms with E-state index in [1.54, 1.807) is 6.33 Å². The van der Waals surface area contributed by atoms with Crippen LogP contribution in [-0.4, -0.2) is 26.2 Å². The summed E-state index contributed by atoms with van der Waals surface area (Å²) < 4.78 is 1.93. The van der Waals surface area contributed by atoms with Gasteiger partial charge in [-0.25, -0.2) is 9.67 Å². The van der Waals surface area contributed by atoms with Gasteiger partial charge in [0.05, 0.1) is 6.54 Å². The topological polar surface area (TPSA) is 42.7 Å². The SMILES string of the molecule is CC(C)n1ncnc1CNC(C)(C)CCCl. The Balaban J connectivity index is 2.57. The van der Waals surface area contributed by atoms with Crippen LogP contribution in [0.2, 0.25) is 0 Å². The van der Waals surface area contributed by atoms with Crippen LogP contribution < -0.4 is 5.32 Å². The lowest BCUT2D eigenvalue weighted by molar-refractivity contribution is 0.361. The Morgan fingerprint density at radius 2 is 2.19 bits per heavy atom. The number of hydrogen-bond acceptors (Lipinski definition) is 3. The third kappa shape index (κ3) is 3.76. The van der Waals surface area contributed by atoms with Crippen LogP contribution in [0.25, 0.3) is 0 Å². The zero-order valence-corrected chi connectivity index (χ0v) is 11.3. The molecule has 1 heterocycles. The molecule has 92 valence electrons. The van der Waals surface area contributed by atoms with Gasteiger partial charge in [-0.2, -0.15) is 5.10 Å². The van der Waals surface area contributed by atoms with Gasteiger partial charge in [0.15, 0.2) is 0 Å². The molecule has 0 atom stereocenters. The lowest BCUT2D eigenvalue weighted by atomic mass is 10.0. The maximum atomic E-state index is 5.76. The highest BCUT2D eigenvalue weighted by atomic mass is 35.5. The van der Waals surface area contributed by atoms with Crippen LogP contribution in [0.15, 0.2) is 6.33 Å². The maximum Gasteiger partial charge on any atom is 0.141 e.